The van der Waals surface area contributed by atoms with Crippen molar-refractivity contribution in [1.82, 2.24) is 9.21 Å². The van der Waals surface area contributed by atoms with E-state index in [2.05, 4.69) is 0 Å². The molecule has 1 unspecified atom stereocenters. The molecule has 30 heavy (non-hydrogen) atoms. The zero-order chi connectivity index (χ0) is 21.7. The Balaban J connectivity index is 1.48. The number of rotatable bonds is 7. The van der Waals surface area contributed by atoms with Crippen molar-refractivity contribution in [3.63, 3.8) is 0 Å². The Morgan fingerprint density at radius 3 is 2.33 bits per heavy atom. The van der Waals surface area contributed by atoms with Crippen LogP contribution >= 0.6 is 11.8 Å². The molecule has 1 atom stereocenters. The van der Waals surface area contributed by atoms with Crippen LogP contribution in [-0.2, 0) is 14.8 Å². The SMILES string of the molecule is Cc1ccc(S(=O)(=O)N2CCN(C(=O)CSCC(O)c3ccccc3)CC2)cc1C. The summed E-state index contributed by atoms with van der Waals surface area (Å²) in [5.74, 6) is 0.688. The van der Waals surface area contributed by atoms with Crippen LogP contribution in [0.25, 0.3) is 0 Å². The summed E-state index contributed by atoms with van der Waals surface area (Å²) < 4.78 is 27.3. The highest BCUT2D eigenvalue weighted by Gasteiger charge is 2.30. The third kappa shape index (κ3) is 5.43. The van der Waals surface area contributed by atoms with Crippen LogP contribution in [0, 0.1) is 13.8 Å². The maximum Gasteiger partial charge on any atom is 0.243 e. The predicted octanol–water partition coefficient (Wildman–Crippen LogP) is 2.60. The first kappa shape index (κ1) is 22.8. The van der Waals surface area contributed by atoms with Gasteiger partial charge in [-0.3, -0.25) is 4.79 Å². The molecule has 1 aliphatic heterocycles. The molecule has 1 amide bonds. The van der Waals surface area contributed by atoms with E-state index in [1.807, 2.05) is 50.2 Å². The summed E-state index contributed by atoms with van der Waals surface area (Å²) in [6.07, 6.45) is -0.607. The van der Waals surface area contributed by atoms with Crippen LogP contribution in [-0.4, -0.2) is 66.3 Å². The molecule has 1 aliphatic rings. The van der Waals surface area contributed by atoms with Gasteiger partial charge in [0.25, 0.3) is 0 Å². The van der Waals surface area contributed by atoms with Crippen molar-refractivity contribution in [2.75, 3.05) is 37.7 Å². The van der Waals surface area contributed by atoms with Gasteiger partial charge in [-0.05, 0) is 42.7 Å². The van der Waals surface area contributed by atoms with E-state index in [9.17, 15) is 18.3 Å². The van der Waals surface area contributed by atoms with Crippen molar-refractivity contribution < 1.29 is 18.3 Å². The highest BCUT2D eigenvalue weighted by molar-refractivity contribution is 7.99. The minimum Gasteiger partial charge on any atom is -0.388 e. The fraction of sp³-hybridized carbons (Fsp3) is 0.409. The Kier molecular flexibility index (Phi) is 7.57. The van der Waals surface area contributed by atoms with Gasteiger partial charge in [0.2, 0.25) is 15.9 Å². The van der Waals surface area contributed by atoms with Crippen LogP contribution in [0.4, 0.5) is 0 Å². The second kappa shape index (κ2) is 9.96. The van der Waals surface area contributed by atoms with Gasteiger partial charge in [0, 0.05) is 31.9 Å². The molecule has 6 nitrogen and oxygen atoms in total. The number of thioether (sulfide) groups is 1. The average Bonchev–Trinajstić information content (AvgIpc) is 2.76. The number of carbonyl (C=O) groups excluding carboxylic acids is 1. The predicted molar refractivity (Wildman–Crippen MR) is 120 cm³/mol. The van der Waals surface area contributed by atoms with Crippen LogP contribution in [0.3, 0.4) is 0 Å². The van der Waals surface area contributed by atoms with Crippen molar-refractivity contribution in [3.05, 3.63) is 65.2 Å². The second-order valence-corrected chi connectivity index (χ2v) is 10.4. The minimum absolute atomic E-state index is 0.0245. The highest BCUT2D eigenvalue weighted by atomic mass is 32.2. The monoisotopic (exact) mass is 448 g/mol. The molecule has 0 aromatic heterocycles. The Morgan fingerprint density at radius 1 is 1.03 bits per heavy atom. The van der Waals surface area contributed by atoms with Gasteiger partial charge < -0.3 is 10.0 Å². The lowest BCUT2D eigenvalue weighted by Gasteiger charge is -2.34. The van der Waals surface area contributed by atoms with E-state index < -0.39 is 16.1 Å². The maximum absolute atomic E-state index is 12.9. The molecule has 8 heteroatoms. The zero-order valence-electron chi connectivity index (χ0n) is 17.3. The number of amides is 1. The summed E-state index contributed by atoms with van der Waals surface area (Å²) in [5.41, 5.74) is 2.83. The van der Waals surface area contributed by atoms with E-state index in [1.165, 1.54) is 16.1 Å². The molecule has 0 bridgehead atoms. The summed E-state index contributed by atoms with van der Waals surface area (Å²) >= 11 is 1.39. The maximum atomic E-state index is 12.9. The molecule has 1 saturated heterocycles. The Hall–Kier alpha value is -1.87. The number of hydrogen-bond acceptors (Lipinski definition) is 5. The van der Waals surface area contributed by atoms with Crippen molar-refractivity contribution in [1.29, 1.82) is 0 Å². The molecular formula is C22H28N2O4S2. The van der Waals surface area contributed by atoms with Crippen LogP contribution in [0.1, 0.15) is 22.8 Å². The molecule has 162 valence electrons. The second-order valence-electron chi connectivity index (χ2n) is 7.47. The topological polar surface area (TPSA) is 77.9 Å². The van der Waals surface area contributed by atoms with Gasteiger partial charge >= 0.3 is 0 Å². The fourth-order valence-corrected chi connectivity index (χ4v) is 5.72. The highest BCUT2D eigenvalue weighted by Crippen LogP contribution is 2.22. The number of aliphatic hydroxyl groups excluding tert-OH is 1. The molecule has 0 radical (unpaired) electrons. The standard InChI is InChI=1S/C22H28N2O4S2/c1-17-8-9-20(14-18(17)2)30(27,28)24-12-10-23(11-13-24)22(26)16-29-15-21(25)19-6-4-3-5-7-19/h3-9,14,21,25H,10-13,15-16H2,1-2H3. The van der Waals surface area contributed by atoms with E-state index in [0.29, 0.717) is 23.7 Å². The van der Waals surface area contributed by atoms with Gasteiger partial charge in [-0.2, -0.15) is 4.31 Å². The Labute approximate surface area is 182 Å². The van der Waals surface area contributed by atoms with Crippen molar-refractivity contribution >= 4 is 27.7 Å². The van der Waals surface area contributed by atoms with E-state index in [-0.39, 0.29) is 24.7 Å². The van der Waals surface area contributed by atoms with Crippen molar-refractivity contribution in [2.24, 2.45) is 0 Å². The van der Waals surface area contributed by atoms with Crippen LogP contribution in [0.5, 0.6) is 0 Å². The van der Waals surface area contributed by atoms with Crippen molar-refractivity contribution in [3.8, 4) is 0 Å². The number of benzene rings is 2. The van der Waals surface area contributed by atoms with Gasteiger partial charge in [0.1, 0.15) is 0 Å². The molecule has 0 saturated carbocycles. The van der Waals surface area contributed by atoms with E-state index >= 15 is 0 Å². The molecule has 0 spiro atoms. The fourth-order valence-electron chi connectivity index (χ4n) is 3.32. The molecule has 1 heterocycles. The molecule has 0 aliphatic carbocycles. The lowest BCUT2D eigenvalue weighted by atomic mass is 10.1. The van der Waals surface area contributed by atoms with Gasteiger partial charge in [0.05, 0.1) is 16.8 Å². The zero-order valence-corrected chi connectivity index (χ0v) is 19.0. The molecule has 2 aromatic rings. The van der Waals surface area contributed by atoms with Gasteiger partial charge in [-0.15, -0.1) is 11.8 Å². The molecule has 3 rings (SSSR count). The van der Waals surface area contributed by atoms with Crippen LogP contribution in [0.15, 0.2) is 53.4 Å². The third-order valence-corrected chi connectivity index (χ3v) is 8.29. The third-order valence-electron chi connectivity index (χ3n) is 5.39. The minimum atomic E-state index is -3.55. The molecule has 1 fully saturated rings. The first-order valence-corrected chi connectivity index (χ1v) is 12.5. The summed E-state index contributed by atoms with van der Waals surface area (Å²) in [6.45, 7) is 5.19. The van der Waals surface area contributed by atoms with Gasteiger partial charge in [-0.25, -0.2) is 8.42 Å². The lowest BCUT2D eigenvalue weighted by molar-refractivity contribution is -0.129. The van der Waals surface area contributed by atoms with E-state index in [4.69, 9.17) is 0 Å². The molecular weight excluding hydrogens is 420 g/mol. The number of sulfonamides is 1. The summed E-state index contributed by atoms with van der Waals surface area (Å²) in [4.78, 5) is 14.5. The van der Waals surface area contributed by atoms with E-state index in [0.717, 1.165) is 16.7 Å². The molecule has 2 aromatic carbocycles. The number of piperazine rings is 1. The summed E-state index contributed by atoms with van der Waals surface area (Å²) in [7, 11) is -3.55. The largest absolute Gasteiger partial charge is 0.388 e. The first-order valence-electron chi connectivity index (χ1n) is 9.95. The Morgan fingerprint density at radius 2 is 1.70 bits per heavy atom. The number of hydrogen-bond donors (Lipinski definition) is 1. The summed E-state index contributed by atoms with van der Waals surface area (Å²) in [6, 6.07) is 14.5. The number of carbonyl (C=O) groups is 1. The van der Waals surface area contributed by atoms with Crippen LogP contribution < -0.4 is 0 Å². The quantitative estimate of drug-likeness (QED) is 0.705. The number of nitrogens with zero attached hydrogens (tertiary/aromatic N) is 2. The van der Waals surface area contributed by atoms with Crippen molar-refractivity contribution in [2.45, 2.75) is 24.8 Å². The average molecular weight is 449 g/mol. The summed E-state index contributed by atoms with van der Waals surface area (Å²) in [5, 5.41) is 10.2. The molecule has 1 N–H and O–H groups in total. The first-order chi connectivity index (χ1) is 14.3. The Bertz CT molecular complexity index is 972. The normalized spacial score (nSPS) is 16.4. The number of aryl methyl sites for hydroxylation is 2. The van der Waals surface area contributed by atoms with Gasteiger partial charge in [-0.1, -0.05) is 36.4 Å². The lowest BCUT2D eigenvalue weighted by Crippen LogP contribution is -2.51. The van der Waals surface area contributed by atoms with E-state index in [1.54, 1.807) is 17.0 Å². The van der Waals surface area contributed by atoms with Crippen LogP contribution in [0.2, 0.25) is 0 Å². The number of aliphatic hydroxyl groups is 1. The smallest absolute Gasteiger partial charge is 0.243 e. The van der Waals surface area contributed by atoms with Gasteiger partial charge in [0.15, 0.2) is 0 Å².